The van der Waals surface area contributed by atoms with Crippen molar-refractivity contribution in [3.63, 3.8) is 0 Å². The Labute approximate surface area is 154 Å². The molecule has 26 heavy (non-hydrogen) atoms. The molecule has 0 aliphatic heterocycles. The van der Waals surface area contributed by atoms with Gasteiger partial charge in [-0.25, -0.2) is 4.98 Å². The summed E-state index contributed by atoms with van der Waals surface area (Å²) in [5.74, 6) is 2.10. The smallest absolute Gasteiger partial charge is 0.224 e. The van der Waals surface area contributed by atoms with Crippen molar-refractivity contribution in [3.05, 3.63) is 71.9 Å². The first-order valence-electron chi connectivity index (χ1n) is 8.76. The molecule has 5 nitrogen and oxygen atoms in total. The Hall–Kier alpha value is -3.08. The normalized spacial score (nSPS) is 10.6. The second kappa shape index (κ2) is 8.34. The Morgan fingerprint density at radius 1 is 1.00 bits per heavy atom. The number of hydrogen-bond donors (Lipinski definition) is 2. The highest BCUT2D eigenvalue weighted by Gasteiger charge is 2.07. The van der Waals surface area contributed by atoms with Crippen molar-refractivity contribution in [3.8, 4) is 5.75 Å². The molecule has 0 radical (unpaired) electrons. The zero-order chi connectivity index (χ0) is 18.4. The van der Waals surface area contributed by atoms with E-state index in [0.29, 0.717) is 18.3 Å². The quantitative estimate of drug-likeness (QED) is 0.634. The molecular weight excluding hydrogens is 324 g/mol. The molecule has 0 aliphatic carbocycles. The Kier molecular flexibility index (Phi) is 5.69. The molecule has 0 aliphatic rings. The zero-order valence-electron chi connectivity index (χ0n) is 15.4. The lowest BCUT2D eigenvalue weighted by Gasteiger charge is -2.15. The number of nitrogens with zero attached hydrogens (tertiary/aromatic N) is 2. The largest absolute Gasteiger partial charge is 0.489 e. The van der Waals surface area contributed by atoms with Gasteiger partial charge in [0.25, 0.3) is 0 Å². The standard InChI is InChI=1S/C21H24N4O/c1-15(2)26-19-11-7-6-10-18(19)24-20-12-13-22-21(25-20)23-14-17-9-5-4-8-16(17)3/h4-13,15H,14H2,1-3H3,(H2,22,23,24,25). The zero-order valence-corrected chi connectivity index (χ0v) is 15.4. The molecule has 1 aromatic heterocycles. The topological polar surface area (TPSA) is 59.1 Å². The molecule has 5 heteroatoms. The van der Waals surface area contributed by atoms with Crippen molar-refractivity contribution < 1.29 is 4.74 Å². The highest BCUT2D eigenvalue weighted by Crippen LogP contribution is 2.27. The highest BCUT2D eigenvalue weighted by atomic mass is 16.5. The average molecular weight is 348 g/mol. The first kappa shape index (κ1) is 17.7. The molecule has 3 rings (SSSR count). The Morgan fingerprint density at radius 3 is 2.58 bits per heavy atom. The molecular formula is C21H24N4O. The van der Waals surface area contributed by atoms with Crippen LogP contribution in [0.2, 0.25) is 0 Å². The molecule has 0 bridgehead atoms. The fourth-order valence-corrected chi connectivity index (χ4v) is 2.56. The summed E-state index contributed by atoms with van der Waals surface area (Å²) in [6.45, 7) is 6.80. The molecule has 0 fully saturated rings. The van der Waals surface area contributed by atoms with Crippen molar-refractivity contribution in [2.75, 3.05) is 10.6 Å². The van der Waals surface area contributed by atoms with E-state index < -0.39 is 0 Å². The summed E-state index contributed by atoms with van der Waals surface area (Å²) < 4.78 is 5.84. The Balaban J connectivity index is 1.71. The summed E-state index contributed by atoms with van der Waals surface area (Å²) in [5.41, 5.74) is 3.35. The number of rotatable bonds is 7. The summed E-state index contributed by atoms with van der Waals surface area (Å²) in [4.78, 5) is 8.85. The lowest BCUT2D eigenvalue weighted by Crippen LogP contribution is -2.08. The third-order valence-electron chi connectivity index (χ3n) is 3.87. The summed E-state index contributed by atoms with van der Waals surface area (Å²) in [7, 11) is 0. The number of hydrogen-bond acceptors (Lipinski definition) is 5. The molecule has 0 unspecified atom stereocenters. The van der Waals surface area contributed by atoms with E-state index >= 15 is 0 Å². The summed E-state index contributed by atoms with van der Waals surface area (Å²) in [5, 5.41) is 6.59. The van der Waals surface area contributed by atoms with Gasteiger partial charge < -0.3 is 15.4 Å². The predicted molar refractivity (Wildman–Crippen MR) is 106 cm³/mol. The number of aryl methyl sites for hydroxylation is 1. The fourth-order valence-electron chi connectivity index (χ4n) is 2.56. The lowest BCUT2D eigenvalue weighted by atomic mass is 10.1. The maximum Gasteiger partial charge on any atom is 0.224 e. The van der Waals surface area contributed by atoms with Crippen LogP contribution in [0.1, 0.15) is 25.0 Å². The van der Waals surface area contributed by atoms with Gasteiger partial charge in [-0.2, -0.15) is 4.98 Å². The van der Waals surface area contributed by atoms with Crippen LogP contribution in [0.25, 0.3) is 0 Å². The second-order valence-corrected chi connectivity index (χ2v) is 6.33. The van der Waals surface area contributed by atoms with E-state index in [4.69, 9.17) is 4.74 Å². The number of para-hydroxylation sites is 2. The van der Waals surface area contributed by atoms with Gasteiger partial charge in [0.15, 0.2) is 0 Å². The first-order valence-corrected chi connectivity index (χ1v) is 8.76. The highest BCUT2D eigenvalue weighted by molar-refractivity contribution is 5.64. The van der Waals surface area contributed by atoms with Crippen LogP contribution in [-0.4, -0.2) is 16.1 Å². The summed E-state index contributed by atoms with van der Waals surface area (Å²) in [6, 6.07) is 18.0. The van der Waals surface area contributed by atoms with Crippen LogP contribution in [0, 0.1) is 6.92 Å². The van der Waals surface area contributed by atoms with Gasteiger partial charge in [-0.3, -0.25) is 0 Å². The van der Waals surface area contributed by atoms with Crippen LogP contribution >= 0.6 is 0 Å². The van der Waals surface area contributed by atoms with Crippen molar-refractivity contribution in [1.29, 1.82) is 0 Å². The Bertz CT molecular complexity index is 864. The monoisotopic (exact) mass is 348 g/mol. The van der Waals surface area contributed by atoms with E-state index in [-0.39, 0.29) is 6.10 Å². The minimum absolute atomic E-state index is 0.106. The van der Waals surface area contributed by atoms with E-state index in [0.717, 1.165) is 11.4 Å². The number of benzene rings is 2. The molecule has 134 valence electrons. The second-order valence-electron chi connectivity index (χ2n) is 6.33. The van der Waals surface area contributed by atoms with Crippen LogP contribution < -0.4 is 15.4 Å². The van der Waals surface area contributed by atoms with Gasteiger partial charge in [0.05, 0.1) is 11.8 Å². The number of ether oxygens (including phenoxy) is 1. The molecule has 0 spiro atoms. The molecule has 0 saturated heterocycles. The van der Waals surface area contributed by atoms with Crippen molar-refractivity contribution in [2.45, 2.75) is 33.4 Å². The van der Waals surface area contributed by atoms with Gasteiger partial charge in [-0.15, -0.1) is 0 Å². The minimum atomic E-state index is 0.106. The summed E-state index contributed by atoms with van der Waals surface area (Å²) >= 11 is 0. The van der Waals surface area contributed by atoms with Gasteiger partial charge in [0.1, 0.15) is 11.6 Å². The molecule has 0 saturated carbocycles. The third kappa shape index (κ3) is 4.72. The van der Waals surface area contributed by atoms with E-state index in [1.54, 1.807) is 6.20 Å². The van der Waals surface area contributed by atoms with Crippen molar-refractivity contribution in [1.82, 2.24) is 9.97 Å². The van der Waals surface area contributed by atoms with Crippen LogP contribution in [0.4, 0.5) is 17.5 Å². The maximum atomic E-state index is 5.84. The molecule has 1 heterocycles. The van der Waals surface area contributed by atoms with Gasteiger partial charge in [0.2, 0.25) is 5.95 Å². The molecule has 0 atom stereocenters. The average Bonchev–Trinajstić information content (AvgIpc) is 2.63. The SMILES string of the molecule is Cc1ccccc1CNc1nccc(Nc2ccccc2OC(C)C)n1. The summed E-state index contributed by atoms with van der Waals surface area (Å²) in [6.07, 6.45) is 1.84. The number of aromatic nitrogens is 2. The van der Waals surface area contributed by atoms with E-state index in [2.05, 4.69) is 39.7 Å². The Morgan fingerprint density at radius 2 is 1.77 bits per heavy atom. The molecule has 3 aromatic rings. The van der Waals surface area contributed by atoms with Gasteiger partial charge in [0, 0.05) is 12.7 Å². The van der Waals surface area contributed by atoms with Crippen molar-refractivity contribution in [2.24, 2.45) is 0 Å². The fraction of sp³-hybridized carbons (Fsp3) is 0.238. The van der Waals surface area contributed by atoms with Crippen LogP contribution in [0.3, 0.4) is 0 Å². The minimum Gasteiger partial charge on any atom is -0.489 e. The van der Waals surface area contributed by atoms with E-state index in [1.165, 1.54) is 11.1 Å². The van der Waals surface area contributed by atoms with Gasteiger partial charge >= 0.3 is 0 Å². The van der Waals surface area contributed by atoms with Gasteiger partial charge in [-0.1, -0.05) is 36.4 Å². The van der Waals surface area contributed by atoms with Crippen LogP contribution in [0.15, 0.2) is 60.8 Å². The molecule has 0 amide bonds. The van der Waals surface area contributed by atoms with E-state index in [1.807, 2.05) is 56.3 Å². The van der Waals surface area contributed by atoms with E-state index in [9.17, 15) is 0 Å². The predicted octanol–water partition coefficient (Wildman–Crippen LogP) is 4.93. The molecule has 2 aromatic carbocycles. The lowest BCUT2D eigenvalue weighted by molar-refractivity contribution is 0.244. The molecule has 2 N–H and O–H groups in total. The van der Waals surface area contributed by atoms with Crippen LogP contribution in [0.5, 0.6) is 5.75 Å². The number of anilines is 3. The van der Waals surface area contributed by atoms with Gasteiger partial charge in [-0.05, 0) is 50.1 Å². The maximum absolute atomic E-state index is 5.84. The number of nitrogens with one attached hydrogen (secondary N) is 2. The van der Waals surface area contributed by atoms with Crippen molar-refractivity contribution >= 4 is 17.5 Å². The third-order valence-corrected chi connectivity index (χ3v) is 3.87. The first-order chi connectivity index (χ1) is 12.6. The van der Waals surface area contributed by atoms with Crippen LogP contribution in [-0.2, 0) is 6.54 Å².